The molecule has 144 valence electrons. The van der Waals surface area contributed by atoms with Gasteiger partial charge in [0.2, 0.25) is 5.91 Å². The lowest BCUT2D eigenvalue weighted by Gasteiger charge is -2.09. The number of nitrogens with one attached hydrogen (secondary N) is 2. The quantitative estimate of drug-likeness (QED) is 0.610. The van der Waals surface area contributed by atoms with E-state index in [1.54, 1.807) is 38.2 Å². The Morgan fingerprint density at radius 3 is 2.63 bits per heavy atom. The number of rotatable bonds is 8. The Morgan fingerprint density at radius 1 is 1.15 bits per heavy atom. The van der Waals surface area contributed by atoms with E-state index >= 15 is 0 Å². The van der Waals surface area contributed by atoms with Crippen molar-refractivity contribution in [2.45, 2.75) is 19.8 Å². The van der Waals surface area contributed by atoms with Crippen LogP contribution in [0, 0.1) is 0 Å². The molecular weight excluding hydrogens is 352 g/mol. The van der Waals surface area contributed by atoms with E-state index < -0.39 is 18.5 Å². The van der Waals surface area contributed by atoms with Gasteiger partial charge in [0, 0.05) is 20.0 Å². The molecular formula is C18H22N4O5. The molecule has 0 bridgehead atoms. The molecule has 0 saturated carbocycles. The van der Waals surface area contributed by atoms with Gasteiger partial charge in [-0.2, -0.15) is 0 Å². The number of fused-ring (bicyclic) bond motifs is 1. The lowest BCUT2D eigenvalue weighted by Crippen LogP contribution is -2.38. The Bertz CT molecular complexity index is 906. The van der Waals surface area contributed by atoms with Crippen molar-refractivity contribution in [3.05, 3.63) is 40.4 Å². The van der Waals surface area contributed by atoms with Crippen molar-refractivity contribution in [2.24, 2.45) is 7.05 Å². The molecule has 0 radical (unpaired) electrons. The van der Waals surface area contributed by atoms with Gasteiger partial charge in [-0.25, -0.2) is 4.98 Å². The average Bonchev–Trinajstić information content (AvgIpc) is 2.66. The number of carbonyl (C=O) groups excluding carboxylic acids is 3. The molecule has 1 aromatic carbocycles. The minimum Gasteiger partial charge on any atom is -0.456 e. The van der Waals surface area contributed by atoms with Crippen LogP contribution in [0.3, 0.4) is 0 Å². The van der Waals surface area contributed by atoms with Crippen LogP contribution in [-0.4, -0.2) is 47.0 Å². The Morgan fingerprint density at radius 2 is 1.89 bits per heavy atom. The highest BCUT2D eigenvalue weighted by Crippen LogP contribution is 2.08. The van der Waals surface area contributed by atoms with Gasteiger partial charge in [-0.05, 0) is 19.1 Å². The highest BCUT2D eigenvalue weighted by molar-refractivity contribution is 5.86. The van der Waals surface area contributed by atoms with E-state index in [1.807, 2.05) is 0 Å². The van der Waals surface area contributed by atoms with Crippen molar-refractivity contribution < 1.29 is 19.1 Å². The summed E-state index contributed by atoms with van der Waals surface area (Å²) in [5.74, 6) is -1.02. The second-order valence-electron chi connectivity index (χ2n) is 5.80. The minimum absolute atomic E-state index is 0.0256. The Labute approximate surface area is 155 Å². The molecule has 2 rings (SSSR count). The van der Waals surface area contributed by atoms with E-state index in [9.17, 15) is 19.2 Å². The Balaban J connectivity index is 1.84. The van der Waals surface area contributed by atoms with Crippen LogP contribution < -0.4 is 16.2 Å². The number of ether oxygens (including phenoxy) is 1. The number of likely N-dealkylation sites (N-methyl/N-ethyl adjacent to an activating group) is 1. The molecule has 0 unspecified atom stereocenters. The number of nitrogens with zero attached hydrogens (tertiary/aromatic N) is 2. The molecule has 2 N–H and O–H groups in total. The molecule has 2 amide bonds. The molecule has 0 aliphatic carbocycles. The fourth-order valence-corrected chi connectivity index (χ4v) is 2.41. The fourth-order valence-electron chi connectivity index (χ4n) is 2.41. The maximum atomic E-state index is 12.3. The predicted octanol–water partition coefficient (Wildman–Crippen LogP) is -0.338. The fraction of sp³-hybridized carbons (Fsp3) is 0.389. The van der Waals surface area contributed by atoms with Crippen molar-refractivity contribution in [1.29, 1.82) is 0 Å². The third-order valence-corrected chi connectivity index (χ3v) is 3.81. The first-order valence-electron chi connectivity index (χ1n) is 8.56. The number of amides is 2. The van der Waals surface area contributed by atoms with E-state index in [2.05, 4.69) is 15.6 Å². The SMILES string of the molecule is CCNC(=O)CNC(=O)COC(=O)CCc1nc2ccccc2c(=O)n1C. The van der Waals surface area contributed by atoms with Crippen LogP contribution in [0.1, 0.15) is 19.2 Å². The van der Waals surface area contributed by atoms with Crippen molar-refractivity contribution in [3.8, 4) is 0 Å². The van der Waals surface area contributed by atoms with Crippen molar-refractivity contribution in [2.75, 3.05) is 19.7 Å². The summed E-state index contributed by atoms with van der Waals surface area (Å²) >= 11 is 0. The minimum atomic E-state index is -0.592. The first kappa shape index (κ1) is 20.1. The maximum absolute atomic E-state index is 12.3. The Hall–Kier alpha value is -3.23. The summed E-state index contributed by atoms with van der Waals surface area (Å²) in [5, 5.41) is 5.39. The number of hydrogen-bond donors (Lipinski definition) is 2. The van der Waals surface area contributed by atoms with Gasteiger partial charge in [0.25, 0.3) is 11.5 Å². The van der Waals surface area contributed by atoms with Crippen LogP contribution in [0.5, 0.6) is 0 Å². The molecule has 1 heterocycles. The van der Waals surface area contributed by atoms with Gasteiger partial charge in [0.05, 0.1) is 23.9 Å². The van der Waals surface area contributed by atoms with E-state index in [0.717, 1.165) is 0 Å². The summed E-state index contributed by atoms with van der Waals surface area (Å²) in [4.78, 5) is 51.3. The second-order valence-corrected chi connectivity index (χ2v) is 5.80. The molecule has 0 spiro atoms. The molecule has 0 saturated heterocycles. The van der Waals surface area contributed by atoms with Crippen molar-refractivity contribution in [3.63, 3.8) is 0 Å². The highest BCUT2D eigenvalue weighted by atomic mass is 16.5. The number of benzene rings is 1. The zero-order valence-electron chi connectivity index (χ0n) is 15.3. The number of esters is 1. The summed E-state index contributed by atoms with van der Waals surface area (Å²) in [6.07, 6.45) is 0.179. The van der Waals surface area contributed by atoms with Gasteiger partial charge in [-0.3, -0.25) is 23.7 Å². The van der Waals surface area contributed by atoms with Crippen molar-refractivity contribution in [1.82, 2.24) is 20.2 Å². The number of para-hydroxylation sites is 1. The zero-order valence-corrected chi connectivity index (χ0v) is 15.3. The summed E-state index contributed by atoms with van der Waals surface area (Å²) in [5.41, 5.74) is 0.377. The van der Waals surface area contributed by atoms with Crippen LogP contribution in [0.4, 0.5) is 0 Å². The number of hydrogen-bond acceptors (Lipinski definition) is 6. The standard InChI is InChI=1S/C18H22N4O5/c1-3-19-15(23)10-20-16(24)11-27-17(25)9-8-14-21-13-7-5-4-6-12(13)18(26)22(14)2/h4-7H,3,8-11H2,1-2H3,(H,19,23)(H,20,24). The molecule has 0 aliphatic rings. The zero-order chi connectivity index (χ0) is 19.8. The van der Waals surface area contributed by atoms with Crippen LogP contribution >= 0.6 is 0 Å². The molecule has 9 nitrogen and oxygen atoms in total. The van der Waals surface area contributed by atoms with Gasteiger partial charge < -0.3 is 15.4 Å². The third kappa shape index (κ3) is 5.63. The lowest BCUT2D eigenvalue weighted by atomic mass is 10.2. The number of aromatic nitrogens is 2. The van der Waals surface area contributed by atoms with Gasteiger partial charge in [0.1, 0.15) is 5.82 Å². The molecule has 27 heavy (non-hydrogen) atoms. The second kappa shape index (κ2) is 9.46. The predicted molar refractivity (Wildman–Crippen MR) is 98.0 cm³/mol. The van der Waals surface area contributed by atoms with Crippen LogP contribution in [-0.2, 0) is 32.6 Å². The molecule has 1 aromatic heterocycles. The largest absolute Gasteiger partial charge is 0.456 e. The first-order chi connectivity index (χ1) is 12.9. The van der Waals surface area contributed by atoms with E-state index in [4.69, 9.17) is 4.74 Å². The molecule has 0 atom stereocenters. The van der Waals surface area contributed by atoms with Crippen molar-refractivity contribution >= 4 is 28.7 Å². The topological polar surface area (TPSA) is 119 Å². The van der Waals surface area contributed by atoms with Gasteiger partial charge in [-0.1, -0.05) is 12.1 Å². The summed E-state index contributed by atoms with van der Waals surface area (Å²) in [7, 11) is 1.59. The highest BCUT2D eigenvalue weighted by Gasteiger charge is 2.12. The smallest absolute Gasteiger partial charge is 0.306 e. The number of aryl methyl sites for hydroxylation is 1. The molecule has 0 fully saturated rings. The lowest BCUT2D eigenvalue weighted by molar-refractivity contribution is -0.148. The summed E-state index contributed by atoms with van der Waals surface area (Å²) in [6, 6.07) is 6.98. The van der Waals surface area contributed by atoms with Gasteiger partial charge in [0.15, 0.2) is 6.61 Å². The maximum Gasteiger partial charge on any atom is 0.306 e. The van der Waals surface area contributed by atoms with E-state index in [0.29, 0.717) is 23.3 Å². The normalized spacial score (nSPS) is 10.4. The Kier molecular flexibility index (Phi) is 7.04. The third-order valence-electron chi connectivity index (χ3n) is 3.81. The summed E-state index contributed by atoms with van der Waals surface area (Å²) in [6.45, 7) is 1.59. The van der Waals surface area contributed by atoms with E-state index in [1.165, 1.54) is 4.57 Å². The van der Waals surface area contributed by atoms with Gasteiger partial charge >= 0.3 is 5.97 Å². The first-order valence-corrected chi connectivity index (χ1v) is 8.56. The van der Waals surface area contributed by atoms with Gasteiger partial charge in [-0.15, -0.1) is 0 Å². The van der Waals surface area contributed by atoms with E-state index in [-0.39, 0.29) is 30.9 Å². The van der Waals surface area contributed by atoms with Crippen LogP contribution in [0.2, 0.25) is 0 Å². The molecule has 0 aliphatic heterocycles. The van der Waals surface area contributed by atoms with Crippen LogP contribution in [0.25, 0.3) is 10.9 Å². The molecule has 2 aromatic rings. The van der Waals surface area contributed by atoms with Crippen LogP contribution in [0.15, 0.2) is 29.1 Å². The monoisotopic (exact) mass is 374 g/mol. The average molecular weight is 374 g/mol. The number of carbonyl (C=O) groups is 3. The summed E-state index contributed by atoms with van der Waals surface area (Å²) < 4.78 is 6.28. The molecule has 9 heteroatoms.